The van der Waals surface area contributed by atoms with Gasteiger partial charge in [0.25, 0.3) is 0 Å². The molecular weight excluding hydrogens is 475 g/mol. The van der Waals surface area contributed by atoms with E-state index in [0.29, 0.717) is 31.7 Å². The highest BCUT2D eigenvalue weighted by molar-refractivity contribution is 5.91. The molecule has 0 atom stereocenters. The van der Waals surface area contributed by atoms with E-state index in [1.54, 1.807) is 0 Å². The first-order chi connectivity index (χ1) is 16.5. The molecule has 2 fully saturated rings. The van der Waals surface area contributed by atoms with Crippen LogP contribution < -0.4 is 4.90 Å². The Morgan fingerprint density at radius 3 is 2.49 bits per heavy atom. The summed E-state index contributed by atoms with van der Waals surface area (Å²) < 4.78 is 75.8. The highest BCUT2D eigenvalue weighted by atomic mass is 19.4. The van der Waals surface area contributed by atoms with Crippen LogP contribution in [0.5, 0.6) is 5.75 Å². The third-order valence-corrected chi connectivity index (χ3v) is 6.74. The van der Waals surface area contributed by atoms with Gasteiger partial charge in [-0.05, 0) is 26.0 Å². The number of halogens is 5. The molecular formula is C22H23F5N6O2. The Hall–Kier alpha value is -3.06. The van der Waals surface area contributed by atoms with Crippen molar-refractivity contribution in [3.8, 4) is 17.0 Å². The number of ether oxygens (including phenoxy) is 1. The standard InChI is InChI=1S/C22H23F5N6O2/c1-31-5-3-21(4-6-31)11-33(7-8-35-21)20-28-10-13-17(30-32(2)19(13)29-20)12-9-14(22(25,26)27)16(24)18(34)15(12)23/h9-10,34H,3-8,11H2,1-2H3. The zero-order chi connectivity index (χ0) is 25.1. The van der Waals surface area contributed by atoms with Gasteiger partial charge in [0.1, 0.15) is 5.69 Å². The lowest BCUT2D eigenvalue weighted by Gasteiger charge is -2.46. The van der Waals surface area contributed by atoms with Gasteiger partial charge < -0.3 is 19.6 Å². The van der Waals surface area contributed by atoms with Crippen LogP contribution in [0.25, 0.3) is 22.3 Å². The number of rotatable bonds is 2. The van der Waals surface area contributed by atoms with E-state index in [1.165, 1.54) is 17.9 Å². The summed E-state index contributed by atoms with van der Waals surface area (Å²) in [4.78, 5) is 13.2. The number of piperidine rings is 1. The van der Waals surface area contributed by atoms with Crippen molar-refractivity contribution >= 4 is 17.0 Å². The molecule has 188 valence electrons. The maximum Gasteiger partial charge on any atom is 0.419 e. The monoisotopic (exact) mass is 498 g/mol. The number of aryl methyl sites for hydroxylation is 1. The van der Waals surface area contributed by atoms with Crippen LogP contribution in [0, 0.1) is 11.6 Å². The average molecular weight is 498 g/mol. The van der Waals surface area contributed by atoms with Gasteiger partial charge in [0.2, 0.25) is 5.95 Å². The zero-order valence-electron chi connectivity index (χ0n) is 19.0. The van der Waals surface area contributed by atoms with E-state index in [4.69, 9.17) is 4.74 Å². The fourth-order valence-corrected chi connectivity index (χ4v) is 4.73. The van der Waals surface area contributed by atoms with Crippen LogP contribution >= 0.6 is 0 Å². The SMILES string of the molecule is CN1CCC2(CC1)CN(c1ncc3c(-c4cc(C(F)(F)F)c(F)c(O)c4F)nn(C)c3n1)CCO2. The second kappa shape index (κ2) is 8.26. The number of alkyl halides is 3. The van der Waals surface area contributed by atoms with Crippen LogP contribution in [-0.2, 0) is 18.0 Å². The number of benzene rings is 1. The Morgan fingerprint density at radius 1 is 1.09 bits per heavy atom. The van der Waals surface area contributed by atoms with Crippen molar-refractivity contribution in [3.63, 3.8) is 0 Å². The molecule has 2 aromatic heterocycles. The zero-order valence-corrected chi connectivity index (χ0v) is 19.0. The molecule has 1 spiro atoms. The summed E-state index contributed by atoms with van der Waals surface area (Å²) in [5.41, 5.74) is -2.77. The lowest BCUT2D eigenvalue weighted by atomic mass is 9.89. The van der Waals surface area contributed by atoms with Crippen LogP contribution in [0.1, 0.15) is 18.4 Å². The minimum atomic E-state index is -5.14. The molecule has 13 heteroatoms. The smallest absolute Gasteiger partial charge is 0.419 e. The van der Waals surface area contributed by atoms with Crippen LogP contribution in [0.15, 0.2) is 12.3 Å². The van der Waals surface area contributed by atoms with Gasteiger partial charge in [-0.15, -0.1) is 0 Å². The lowest BCUT2D eigenvalue weighted by Crippen LogP contribution is -2.56. The molecule has 2 saturated heterocycles. The van der Waals surface area contributed by atoms with Gasteiger partial charge in [-0.25, -0.2) is 18.4 Å². The fraction of sp³-hybridized carbons (Fsp3) is 0.500. The molecule has 3 aromatic rings. The van der Waals surface area contributed by atoms with Gasteiger partial charge >= 0.3 is 6.18 Å². The minimum Gasteiger partial charge on any atom is -0.503 e. The predicted octanol–water partition coefficient (Wildman–Crippen LogP) is 3.33. The Kier molecular flexibility index (Phi) is 5.59. The third-order valence-electron chi connectivity index (χ3n) is 6.74. The van der Waals surface area contributed by atoms with Crippen LogP contribution in [-0.4, -0.2) is 75.2 Å². The molecule has 5 rings (SSSR count). The van der Waals surface area contributed by atoms with Gasteiger partial charge in [-0.1, -0.05) is 0 Å². The van der Waals surface area contributed by atoms with Crippen molar-refractivity contribution < 1.29 is 31.8 Å². The molecule has 0 bridgehead atoms. The summed E-state index contributed by atoms with van der Waals surface area (Å²) in [6.07, 6.45) is -2.05. The molecule has 2 aliphatic heterocycles. The van der Waals surface area contributed by atoms with E-state index < -0.39 is 34.7 Å². The molecule has 0 aliphatic carbocycles. The number of hydrogen-bond donors (Lipinski definition) is 1. The van der Waals surface area contributed by atoms with Gasteiger partial charge in [-0.3, -0.25) is 0 Å². The Bertz CT molecular complexity index is 1290. The summed E-state index contributed by atoms with van der Waals surface area (Å²) in [5, 5.41) is 14.0. The van der Waals surface area contributed by atoms with Crippen molar-refractivity contribution in [1.29, 1.82) is 0 Å². The average Bonchev–Trinajstić information content (AvgIpc) is 3.15. The van der Waals surface area contributed by atoms with Gasteiger partial charge in [0.15, 0.2) is 23.0 Å². The maximum atomic E-state index is 14.7. The molecule has 4 heterocycles. The lowest BCUT2D eigenvalue weighted by molar-refractivity contribution is -0.140. The van der Waals surface area contributed by atoms with Crippen molar-refractivity contribution in [2.45, 2.75) is 24.6 Å². The number of phenolic OH excluding ortho intramolecular Hbond substituents is 1. The van der Waals surface area contributed by atoms with Crippen LogP contribution in [0.3, 0.4) is 0 Å². The summed E-state index contributed by atoms with van der Waals surface area (Å²) in [6.45, 7) is 3.47. The highest BCUT2D eigenvalue weighted by Crippen LogP contribution is 2.41. The summed E-state index contributed by atoms with van der Waals surface area (Å²) in [6, 6.07) is 0.298. The largest absolute Gasteiger partial charge is 0.503 e. The van der Waals surface area contributed by atoms with E-state index in [9.17, 15) is 27.1 Å². The normalized spacial score (nSPS) is 19.1. The van der Waals surface area contributed by atoms with Crippen molar-refractivity contribution in [2.75, 3.05) is 44.7 Å². The van der Waals surface area contributed by atoms with Crippen molar-refractivity contribution in [3.05, 3.63) is 29.5 Å². The fourth-order valence-electron chi connectivity index (χ4n) is 4.73. The number of likely N-dealkylation sites (tertiary alicyclic amines) is 1. The number of nitrogens with zero attached hydrogens (tertiary/aromatic N) is 6. The third kappa shape index (κ3) is 4.05. The Balaban J connectivity index is 1.53. The topological polar surface area (TPSA) is 79.5 Å². The van der Waals surface area contributed by atoms with Crippen molar-refractivity contribution in [2.24, 2.45) is 7.05 Å². The molecule has 1 N–H and O–H groups in total. The second-order valence-corrected chi connectivity index (χ2v) is 9.08. The summed E-state index contributed by atoms with van der Waals surface area (Å²) >= 11 is 0. The van der Waals surface area contributed by atoms with Gasteiger partial charge in [0.05, 0.1) is 29.7 Å². The number of fused-ring (bicyclic) bond motifs is 1. The van der Waals surface area contributed by atoms with E-state index in [-0.39, 0.29) is 22.3 Å². The van der Waals surface area contributed by atoms with E-state index >= 15 is 0 Å². The molecule has 0 radical (unpaired) electrons. The molecule has 0 amide bonds. The van der Waals surface area contributed by atoms with Crippen molar-refractivity contribution in [1.82, 2.24) is 24.6 Å². The molecule has 1 aromatic carbocycles. The molecule has 2 aliphatic rings. The number of aromatic hydroxyl groups is 1. The summed E-state index contributed by atoms with van der Waals surface area (Å²) in [7, 11) is 3.57. The molecule has 8 nitrogen and oxygen atoms in total. The predicted molar refractivity (Wildman–Crippen MR) is 116 cm³/mol. The number of morpholine rings is 1. The highest BCUT2D eigenvalue weighted by Gasteiger charge is 2.40. The first-order valence-corrected chi connectivity index (χ1v) is 11.0. The van der Waals surface area contributed by atoms with E-state index in [1.807, 2.05) is 4.90 Å². The first kappa shape index (κ1) is 23.7. The van der Waals surface area contributed by atoms with Gasteiger partial charge in [-0.2, -0.15) is 23.3 Å². The van der Waals surface area contributed by atoms with Gasteiger partial charge in [0, 0.05) is 38.4 Å². The summed E-state index contributed by atoms with van der Waals surface area (Å²) in [5.74, 6) is -4.94. The number of aromatic nitrogens is 4. The van der Waals surface area contributed by atoms with Crippen LogP contribution in [0.4, 0.5) is 27.9 Å². The number of anilines is 1. The molecule has 35 heavy (non-hydrogen) atoms. The first-order valence-electron chi connectivity index (χ1n) is 11.0. The number of phenols is 1. The maximum absolute atomic E-state index is 14.7. The van der Waals surface area contributed by atoms with E-state index in [0.717, 1.165) is 25.9 Å². The minimum absolute atomic E-state index is 0.163. The second-order valence-electron chi connectivity index (χ2n) is 9.08. The number of hydrogen-bond acceptors (Lipinski definition) is 7. The molecule has 0 unspecified atom stereocenters. The quantitative estimate of drug-likeness (QED) is 0.543. The van der Waals surface area contributed by atoms with E-state index in [2.05, 4.69) is 27.0 Å². The van der Waals surface area contributed by atoms with Crippen LogP contribution in [0.2, 0.25) is 0 Å². The molecule has 0 saturated carbocycles. The Labute approximate surface area is 196 Å². The Morgan fingerprint density at radius 2 is 1.80 bits per heavy atom.